The van der Waals surface area contributed by atoms with E-state index in [1.54, 1.807) is 0 Å². The van der Waals surface area contributed by atoms with E-state index in [9.17, 15) is 4.79 Å². The summed E-state index contributed by atoms with van der Waals surface area (Å²) in [6, 6.07) is 0. The third kappa shape index (κ3) is 3.07. The van der Waals surface area contributed by atoms with Crippen molar-refractivity contribution in [3.8, 4) is 0 Å². The van der Waals surface area contributed by atoms with Gasteiger partial charge in [0.15, 0.2) is 5.82 Å². The smallest absolute Gasteiger partial charge is 0.307 e. The van der Waals surface area contributed by atoms with Gasteiger partial charge < -0.3 is 9.63 Å². The second kappa shape index (κ2) is 5.48. The van der Waals surface area contributed by atoms with Gasteiger partial charge in [-0.15, -0.1) is 0 Å². The van der Waals surface area contributed by atoms with Crippen LogP contribution in [0.2, 0.25) is 0 Å². The third-order valence-corrected chi connectivity index (χ3v) is 3.21. The molecule has 2 heterocycles. The van der Waals surface area contributed by atoms with Gasteiger partial charge in [0, 0.05) is 12.5 Å². The molecule has 1 aromatic heterocycles. The number of carbonyl (C=O) groups is 1. The van der Waals surface area contributed by atoms with Crippen LogP contribution in [-0.4, -0.2) is 39.2 Å². The zero-order valence-electron chi connectivity index (χ0n) is 10.8. The Hall–Kier alpha value is -1.43. The SMILES string of the molecule is CC(C)c1noc(CN2CCCC(C(=O)O)C2)n1. The highest BCUT2D eigenvalue weighted by molar-refractivity contribution is 5.70. The lowest BCUT2D eigenvalue weighted by atomic mass is 9.98. The zero-order valence-corrected chi connectivity index (χ0v) is 10.8. The normalized spacial score (nSPS) is 21.4. The summed E-state index contributed by atoms with van der Waals surface area (Å²) in [5.74, 6) is 0.538. The summed E-state index contributed by atoms with van der Waals surface area (Å²) in [7, 11) is 0. The van der Waals surface area contributed by atoms with Crippen LogP contribution in [0.3, 0.4) is 0 Å². The van der Waals surface area contributed by atoms with Crippen LogP contribution in [0.1, 0.15) is 44.3 Å². The minimum atomic E-state index is -0.715. The molecular weight excluding hydrogens is 234 g/mol. The molecule has 1 aromatic rings. The van der Waals surface area contributed by atoms with Crippen LogP contribution in [0, 0.1) is 5.92 Å². The number of hydrogen-bond donors (Lipinski definition) is 1. The van der Waals surface area contributed by atoms with Gasteiger partial charge in [0.25, 0.3) is 0 Å². The molecule has 0 aliphatic carbocycles. The Bertz CT molecular complexity index is 416. The quantitative estimate of drug-likeness (QED) is 0.875. The molecule has 6 heteroatoms. The second-order valence-corrected chi connectivity index (χ2v) is 5.11. The number of nitrogens with zero attached hydrogens (tertiary/aromatic N) is 3. The van der Waals surface area contributed by atoms with Gasteiger partial charge in [-0.25, -0.2) is 0 Å². The standard InChI is InChI=1S/C12H19N3O3/c1-8(2)11-13-10(18-14-11)7-15-5-3-4-9(6-15)12(16)17/h8-9H,3-7H2,1-2H3,(H,16,17). The van der Waals surface area contributed by atoms with Crippen molar-refractivity contribution in [3.63, 3.8) is 0 Å². The molecule has 2 rings (SSSR count). The molecule has 0 aromatic carbocycles. The van der Waals surface area contributed by atoms with E-state index >= 15 is 0 Å². The van der Waals surface area contributed by atoms with Crippen LogP contribution >= 0.6 is 0 Å². The highest BCUT2D eigenvalue weighted by atomic mass is 16.5. The Morgan fingerprint density at radius 2 is 2.39 bits per heavy atom. The van der Waals surface area contributed by atoms with Crippen LogP contribution < -0.4 is 0 Å². The molecule has 0 spiro atoms. The number of carboxylic acid groups (broad SMARTS) is 1. The molecule has 1 aliphatic heterocycles. The fraction of sp³-hybridized carbons (Fsp3) is 0.750. The molecule has 100 valence electrons. The van der Waals surface area contributed by atoms with Crippen molar-refractivity contribution < 1.29 is 14.4 Å². The van der Waals surface area contributed by atoms with E-state index in [-0.39, 0.29) is 11.8 Å². The first-order chi connectivity index (χ1) is 8.56. The molecule has 0 amide bonds. The average molecular weight is 253 g/mol. The Kier molecular flexibility index (Phi) is 3.96. The third-order valence-electron chi connectivity index (χ3n) is 3.21. The summed E-state index contributed by atoms with van der Waals surface area (Å²) in [5.41, 5.74) is 0. The second-order valence-electron chi connectivity index (χ2n) is 5.11. The monoisotopic (exact) mass is 253 g/mol. The number of aromatic nitrogens is 2. The number of carboxylic acids is 1. The fourth-order valence-corrected chi connectivity index (χ4v) is 2.16. The van der Waals surface area contributed by atoms with Crippen molar-refractivity contribution in [2.45, 2.75) is 39.2 Å². The maximum atomic E-state index is 11.0. The van der Waals surface area contributed by atoms with Crippen LogP contribution in [0.4, 0.5) is 0 Å². The van der Waals surface area contributed by atoms with E-state index < -0.39 is 5.97 Å². The van der Waals surface area contributed by atoms with Crippen molar-refractivity contribution in [2.75, 3.05) is 13.1 Å². The number of hydrogen-bond acceptors (Lipinski definition) is 5. The van der Waals surface area contributed by atoms with Crippen molar-refractivity contribution in [1.29, 1.82) is 0 Å². The highest BCUT2D eigenvalue weighted by Crippen LogP contribution is 2.19. The van der Waals surface area contributed by atoms with E-state index in [0.29, 0.717) is 24.8 Å². The van der Waals surface area contributed by atoms with Gasteiger partial charge in [0.1, 0.15) is 0 Å². The van der Waals surface area contributed by atoms with Gasteiger partial charge in [0.05, 0.1) is 12.5 Å². The van der Waals surface area contributed by atoms with Gasteiger partial charge in [-0.05, 0) is 19.4 Å². The molecule has 1 fully saturated rings. The van der Waals surface area contributed by atoms with Crippen molar-refractivity contribution in [1.82, 2.24) is 15.0 Å². The number of piperidine rings is 1. The summed E-state index contributed by atoms with van der Waals surface area (Å²) < 4.78 is 5.17. The number of rotatable bonds is 4. The van der Waals surface area contributed by atoms with E-state index in [0.717, 1.165) is 19.4 Å². The lowest BCUT2D eigenvalue weighted by molar-refractivity contribution is -0.143. The predicted octanol–water partition coefficient (Wildman–Crippen LogP) is 1.49. The first-order valence-corrected chi connectivity index (χ1v) is 6.34. The van der Waals surface area contributed by atoms with Crippen molar-refractivity contribution in [2.24, 2.45) is 5.92 Å². The van der Waals surface area contributed by atoms with Crippen LogP contribution in [0.5, 0.6) is 0 Å². The zero-order chi connectivity index (χ0) is 13.1. The summed E-state index contributed by atoms with van der Waals surface area (Å²) >= 11 is 0. The van der Waals surface area contributed by atoms with Gasteiger partial charge in [0.2, 0.25) is 5.89 Å². The Morgan fingerprint density at radius 3 is 3.00 bits per heavy atom. The molecule has 0 bridgehead atoms. The molecule has 0 radical (unpaired) electrons. The van der Waals surface area contributed by atoms with Gasteiger partial charge in [-0.3, -0.25) is 9.69 Å². The lowest BCUT2D eigenvalue weighted by Crippen LogP contribution is -2.38. The molecule has 1 unspecified atom stereocenters. The average Bonchev–Trinajstić information content (AvgIpc) is 2.78. The first-order valence-electron chi connectivity index (χ1n) is 6.34. The molecule has 1 N–H and O–H groups in total. The highest BCUT2D eigenvalue weighted by Gasteiger charge is 2.26. The van der Waals surface area contributed by atoms with Crippen LogP contribution in [0.25, 0.3) is 0 Å². The molecule has 0 saturated carbocycles. The minimum absolute atomic E-state index is 0.246. The molecule has 1 saturated heterocycles. The number of aliphatic carboxylic acids is 1. The molecule has 1 aliphatic rings. The maximum absolute atomic E-state index is 11.0. The van der Waals surface area contributed by atoms with Gasteiger partial charge in [-0.1, -0.05) is 19.0 Å². The summed E-state index contributed by atoms with van der Waals surface area (Å²) in [6.07, 6.45) is 1.66. The lowest BCUT2D eigenvalue weighted by Gasteiger charge is -2.29. The maximum Gasteiger partial charge on any atom is 0.307 e. The van der Waals surface area contributed by atoms with E-state index in [1.165, 1.54) is 0 Å². The van der Waals surface area contributed by atoms with Crippen LogP contribution in [0.15, 0.2) is 4.52 Å². The van der Waals surface area contributed by atoms with E-state index in [2.05, 4.69) is 15.0 Å². The topological polar surface area (TPSA) is 79.5 Å². The Labute approximate surface area is 106 Å². The molecule has 18 heavy (non-hydrogen) atoms. The molecular formula is C12H19N3O3. The van der Waals surface area contributed by atoms with Crippen molar-refractivity contribution in [3.05, 3.63) is 11.7 Å². The Morgan fingerprint density at radius 1 is 1.61 bits per heavy atom. The van der Waals surface area contributed by atoms with Crippen molar-refractivity contribution >= 4 is 5.97 Å². The largest absolute Gasteiger partial charge is 0.481 e. The molecule has 1 atom stereocenters. The summed E-state index contributed by atoms with van der Waals surface area (Å²) in [5, 5.41) is 12.9. The van der Waals surface area contributed by atoms with E-state index in [4.69, 9.17) is 9.63 Å². The Balaban J connectivity index is 1.94. The summed E-state index contributed by atoms with van der Waals surface area (Å²) in [4.78, 5) is 17.3. The first kappa shape index (κ1) is 13.0. The predicted molar refractivity (Wildman–Crippen MR) is 64.0 cm³/mol. The minimum Gasteiger partial charge on any atom is -0.481 e. The van der Waals surface area contributed by atoms with Gasteiger partial charge in [-0.2, -0.15) is 4.98 Å². The van der Waals surface area contributed by atoms with E-state index in [1.807, 2.05) is 13.8 Å². The fourth-order valence-electron chi connectivity index (χ4n) is 2.16. The molecule has 6 nitrogen and oxygen atoms in total. The summed E-state index contributed by atoms with van der Waals surface area (Å²) in [6.45, 7) is 6.02. The van der Waals surface area contributed by atoms with Gasteiger partial charge >= 0.3 is 5.97 Å². The number of likely N-dealkylation sites (tertiary alicyclic amines) is 1. The van der Waals surface area contributed by atoms with Crippen LogP contribution in [-0.2, 0) is 11.3 Å².